The van der Waals surface area contributed by atoms with Gasteiger partial charge >= 0.3 is 0 Å². The van der Waals surface area contributed by atoms with Gasteiger partial charge in [0.05, 0.1) is 9.82 Å². The van der Waals surface area contributed by atoms with Crippen LogP contribution in [0.4, 0.5) is 5.69 Å². The molecule has 0 fully saturated rings. The second kappa shape index (κ2) is 6.93. The lowest BCUT2D eigenvalue weighted by Gasteiger charge is -2.25. The van der Waals surface area contributed by atoms with E-state index in [4.69, 9.17) is 9.47 Å². The predicted molar refractivity (Wildman–Crippen MR) is 93.9 cm³/mol. The maximum atomic E-state index is 12.9. The van der Waals surface area contributed by atoms with Gasteiger partial charge in [-0.15, -0.1) is 0 Å². The molecule has 8 nitrogen and oxygen atoms in total. The van der Waals surface area contributed by atoms with E-state index in [0.717, 1.165) is 0 Å². The number of non-ortho nitro benzene ring substituents is 1. The quantitative estimate of drug-likeness (QED) is 0.586. The third kappa shape index (κ3) is 3.35. The predicted octanol–water partition coefficient (Wildman–Crippen LogP) is 2.75. The highest BCUT2D eigenvalue weighted by Gasteiger charge is 2.28. The van der Waals surface area contributed by atoms with Crippen molar-refractivity contribution in [2.24, 2.45) is 0 Å². The first-order valence-electron chi connectivity index (χ1n) is 7.93. The fourth-order valence-corrected chi connectivity index (χ4v) is 4.03. The molecule has 2 aromatic carbocycles. The van der Waals surface area contributed by atoms with Crippen LogP contribution in [-0.4, -0.2) is 37.9 Å². The van der Waals surface area contributed by atoms with E-state index >= 15 is 0 Å². The molecule has 0 saturated heterocycles. The molecule has 0 saturated carbocycles. The largest absolute Gasteiger partial charge is 0.486 e. The minimum Gasteiger partial charge on any atom is -0.486 e. The van der Waals surface area contributed by atoms with Gasteiger partial charge in [-0.25, -0.2) is 8.42 Å². The molecule has 1 unspecified atom stereocenters. The summed E-state index contributed by atoms with van der Waals surface area (Å²) in [5, 5.41) is 10.9. The van der Waals surface area contributed by atoms with Gasteiger partial charge in [0.2, 0.25) is 10.0 Å². The molecule has 138 valence electrons. The molecule has 1 heterocycles. The number of benzene rings is 2. The lowest BCUT2D eigenvalue weighted by atomic mass is 10.1. The molecule has 1 aliphatic heterocycles. The number of sulfonamides is 1. The maximum Gasteiger partial charge on any atom is 0.269 e. The number of ether oxygens (including phenoxy) is 2. The number of nitro benzene ring substituents is 1. The van der Waals surface area contributed by atoms with E-state index in [2.05, 4.69) is 0 Å². The van der Waals surface area contributed by atoms with E-state index in [-0.39, 0.29) is 10.6 Å². The summed E-state index contributed by atoms with van der Waals surface area (Å²) in [6.45, 7) is 2.45. The Morgan fingerprint density at radius 2 is 1.81 bits per heavy atom. The topological polar surface area (TPSA) is 99.0 Å². The fraction of sp³-hybridized carbons (Fsp3) is 0.294. The van der Waals surface area contributed by atoms with Crippen LogP contribution >= 0.6 is 0 Å². The van der Waals surface area contributed by atoms with E-state index in [1.807, 2.05) is 0 Å². The Kier molecular flexibility index (Phi) is 4.84. The lowest BCUT2D eigenvalue weighted by Crippen LogP contribution is -2.30. The number of nitro groups is 1. The molecule has 1 atom stereocenters. The number of nitrogens with zero attached hydrogens (tertiary/aromatic N) is 2. The first-order chi connectivity index (χ1) is 12.3. The van der Waals surface area contributed by atoms with Gasteiger partial charge < -0.3 is 9.47 Å². The van der Waals surface area contributed by atoms with Crippen LogP contribution in [0.25, 0.3) is 0 Å². The van der Waals surface area contributed by atoms with Crippen LogP contribution in [0, 0.1) is 10.1 Å². The molecule has 1 aliphatic rings. The molecular formula is C17H18N2O6S. The smallest absolute Gasteiger partial charge is 0.269 e. The first-order valence-corrected chi connectivity index (χ1v) is 9.37. The molecule has 0 N–H and O–H groups in total. The highest BCUT2D eigenvalue weighted by Crippen LogP contribution is 2.34. The van der Waals surface area contributed by atoms with Crippen molar-refractivity contribution in [1.82, 2.24) is 4.31 Å². The summed E-state index contributed by atoms with van der Waals surface area (Å²) < 4.78 is 37.9. The average molecular weight is 378 g/mol. The SMILES string of the molecule is CC(c1cccc([N+](=O)[O-])c1)N(C)S(=O)(=O)c1ccc2c(c1)OCCO2. The van der Waals surface area contributed by atoms with E-state index in [1.54, 1.807) is 19.1 Å². The summed E-state index contributed by atoms with van der Waals surface area (Å²) >= 11 is 0. The van der Waals surface area contributed by atoms with Gasteiger partial charge in [-0.1, -0.05) is 12.1 Å². The van der Waals surface area contributed by atoms with Gasteiger partial charge in [0.1, 0.15) is 13.2 Å². The highest BCUT2D eigenvalue weighted by atomic mass is 32.2. The van der Waals surface area contributed by atoms with Crippen LogP contribution in [0.3, 0.4) is 0 Å². The average Bonchev–Trinajstić information content (AvgIpc) is 2.66. The summed E-state index contributed by atoms with van der Waals surface area (Å²) in [7, 11) is -2.38. The molecular weight excluding hydrogens is 360 g/mol. The van der Waals surface area contributed by atoms with Crippen molar-refractivity contribution in [2.45, 2.75) is 17.9 Å². The fourth-order valence-electron chi connectivity index (χ4n) is 2.67. The third-order valence-electron chi connectivity index (χ3n) is 4.30. The zero-order valence-electron chi connectivity index (χ0n) is 14.3. The van der Waals surface area contributed by atoms with Crippen molar-refractivity contribution < 1.29 is 22.8 Å². The van der Waals surface area contributed by atoms with Gasteiger partial charge in [0.15, 0.2) is 11.5 Å². The van der Waals surface area contributed by atoms with Gasteiger partial charge in [-0.3, -0.25) is 10.1 Å². The van der Waals surface area contributed by atoms with E-state index in [9.17, 15) is 18.5 Å². The van der Waals surface area contributed by atoms with Gasteiger partial charge in [-0.2, -0.15) is 4.31 Å². The van der Waals surface area contributed by atoms with Crippen molar-refractivity contribution in [3.63, 3.8) is 0 Å². The molecule has 0 amide bonds. The van der Waals surface area contributed by atoms with Crippen LogP contribution < -0.4 is 9.47 Å². The third-order valence-corrected chi connectivity index (χ3v) is 6.22. The molecule has 2 aromatic rings. The molecule has 0 radical (unpaired) electrons. The van der Waals surface area contributed by atoms with Crippen molar-refractivity contribution in [2.75, 3.05) is 20.3 Å². The minimum absolute atomic E-state index is 0.0709. The van der Waals surface area contributed by atoms with Gasteiger partial charge in [0, 0.05) is 31.3 Å². The second-order valence-corrected chi connectivity index (χ2v) is 7.85. The monoisotopic (exact) mass is 378 g/mol. The summed E-state index contributed by atoms with van der Waals surface area (Å²) in [4.78, 5) is 10.5. The minimum atomic E-state index is -3.83. The molecule has 0 aliphatic carbocycles. The Bertz CT molecular complexity index is 944. The van der Waals surface area contributed by atoms with Crippen LogP contribution in [0.5, 0.6) is 11.5 Å². The van der Waals surface area contributed by atoms with Crippen molar-refractivity contribution in [1.29, 1.82) is 0 Å². The Balaban J connectivity index is 1.91. The summed E-state index contributed by atoms with van der Waals surface area (Å²) in [5.74, 6) is 0.887. The molecule has 26 heavy (non-hydrogen) atoms. The van der Waals surface area contributed by atoms with Gasteiger partial charge in [-0.05, 0) is 24.6 Å². The second-order valence-electron chi connectivity index (χ2n) is 5.85. The zero-order valence-corrected chi connectivity index (χ0v) is 15.1. The lowest BCUT2D eigenvalue weighted by molar-refractivity contribution is -0.384. The van der Waals surface area contributed by atoms with Crippen molar-refractivity contribution in [3.8, 4) is 11.5 Å². The van der Waals surface area contributed by atoms with Crippen LogP contribution in [-0.2, 0) is 10.0 Å². The number of hydrogen-bond donors (Lipinski definition) is 0. The summed E-state index contributed by atoms with van der Waals surface area (Å²) in [6, 6.07) is 9.80. The zero-order chi connectivity index (χ0) is 18.9. The van der Waals surface area contributed by atoms with E-state index < -0.39 is 21.0 Å². The van der Waals surface area contributed by atoms with Gasteiger partial charge in [0.25, 0.3) is 5.69 Å². The Morgan fingerprint density at radius 1 is 1.12 bits per heavy atom. The standard InChI is InChI=1S/C17H18N2O6S/c1-12(13-4-3-5-14(10-13)19(20)21)18(2)26(22,23)15-6-7-16-17(11-15)25-9-8-24-16/h3-7,10-12H,8-9H2,1-2H3. The Labute approximate surface area is 151 Å². The number of hydrogen-bond acceptors (Lipinski definition) is 6. The van der Waals surface area contributed by atoms with Crippen LogP contribution in [0.15, 0.2) is 47.4 Å². The van der Waals surface area contributed by atoms with Crippen molar-refractivity contribution in [3.05, 3.63) is 58.1 Å². The highest BCUT2D eigenvalue weighted by molar-refractivity contribution is 7.89. The van der Waals surface area contributed by atoms with E-state index in [1.165, 1.54) is 41.7 Å². The molecule has 0 bridgehead atoms. The first kappa shape index (κ1) is 18.2. The molecule has 0 aromatic heterocycles. The van der Waals surface area contributed by atoms with Crippen molar-refractivity contribution >= 4 is 15.7 Å². The summed E-state index contributed by atoms with van der Waals surface area (Å²) in [6.07, 6.45) is 0. The normalized spacial score (nSPS) is 14.9. The Hall–Kier alpha value is -2.65. The number of rotatable bonds is 5. The van der Waals surface area contributed by atoms with E-state index in [0.29, 0.717) is 30.3 Å². The van der Waals surface area contributed by atoms with Crippen LogP contribution in [0.2, 0.25) is 0 Å². The van der Waals surface area contributed by atoms with Crippen LogP contribution in [0.1, 0.15) is 18.5 Å². The summed E-state index contributed by atoms with van der Waals surface area (Å²) in [5.41, 5.74) is 0.447. The maximum absolute atomic E-state index is 12.9. The molecule has 0 spiro atoms. The number of fused-ring (bicyclic) bond motifs is 1. The molecule has 3 rings (SSSR count). The molecule has 9 heteroatoms. The Morgan fingerprint density at radius 3 is 2.50 bits per heavy atom.